The zero-order chi connectivity index (χ0) is 17.5. The Morgan fingerprint density at radius 3 is 2.42 bits per heavy atom. The topological polar surface area (TPSA) is 56.8 Å². The van der Waals surface area contributed by atoms with Crippen molar-refractivity contribution in [2.45, 2.75) is 64.2 Å². The summed E-state index contributed by atoms with van der Waals surface area (Å²) in [5.74, 6) is 0.757. The van der Waals surface area contributed by atoms with Gasteiger partial charge in [-0.15, -0.1) is 0 Å². The number of hydrogen-bond acceptors (Lipinski definition) is 4. The Bertz CT molecular complexity index is 624. The monoisotopic (exact) mass is 331 g/mol. The molecular weight excluding hydrogens is 305 g/mol. The van der Waals surface area contributed by atoms with Gasteiger partial charge in [0.15, 0.2) is 0 Å². The number of carbonyl (C=O) groups excluding carboxylic acids is 1. The first-order valence-electron chi connectivity index (χ1n) is 8.54. The Kier molecular flexibility index (Phi) is 4.38. The van der Waals surface area contributed by atoms with E-state index < -0.39 is 18.3 Å². The molecule has 0 aromatic heterocycles. The third-order valence-corrected chi connectivity index (χ3v) is 5.15. The summed E-state index contributed by atoms with van der Waals surface area (Å²) in [6, 6.07) is 6.05. The lowest BCUT2D eigenvalue weighted by Gasteiger charge is -2.32. The molecule has 2 fully saturated rings. The van der Waals surface area contributed by atoms with Crippen LogP contribution < -0.4 is 15.5 Å². The van der Waals surface area contributed by atoms with Gasteiger partial charge in [-0.2, -0.15) is 0 Å². The van der Waals surface area contributed by atoms with Crippen molar-refractivity contribution in [3.8, 4) is 5.75 Å². The van der Waals surface area contributed by atoms with E-state index in [1.807, 2.05) is 45.9 Å². The van der Waals surface area contributed by atoms with E-state index in [1.165, 1.54) is 0 Å². The quantitative estimate of drug-likeness (QED) is 0.836. The van der Waals surface area contributed by atoms with Gasteiger partial charge in [0, 0.05) is 6.04 Å². The molecule has 24 heavy (non-hydrogen) atoms. The molecule has 0 radical (unpaired) electrons. The van der Waals surface area contributed by atoms with Gasteiger partial charge in [-0.3, -0.25) is 4.79 Å². The summed E-state index contributed by atoms with van der Waals surface area (Å²) >= 11 is 0. The summed E-state index contributed by atoms with van der Waals surface area (Å²) in [7, 11) is 1.14. The Morgan fingerprint density at radius 2 is 1.88 bits per heavy atom. The highest BCUT2D eigenvalue weighted by Gasteiger charge is 2.52. The van der Waals surface area contributed by atoms with E-state index in [0.29, 0.717) is 12.5 Å². The molecule has 1 amide bonds. The summed E-state index contributed by atoms with van der Waals surface area (Å²) < 4.78 is 17.6. The lowest BCUT2D eigenvalue weighted by Crippen LogP contribution is -2.41. The van der Waals surface area contributed by atoms with E-state index in [9.17, 15) is 4.79 Å². The number of ether oxygens (including phenoxy) is 1. The van der Waals surface area contributed by atoms with Crippen LogP contribution in [0, 0.1) is 0 Å². The number of carbonyl (C=O) groups is 1. The SMILES string of the molecule is COc1ccc(B2OC(C)(C)C(C)(C)O2)c(CC(=O)NC2CC2)c1. The second-order valence-corrected chi connectivity index (χ2v) is 7.67. The predicted molar refractivity (Wildman–Crippen MR) is 93.6 cm³/mol. The fourth-order valence-electron chi connectivity index (χ4n) is 2.74. The molecular formula is C18H26BNO4. The molecule has 5 nitrogen and oxygen atoms in total. The van der Waals surface area contributed by atoms with Crippen LogP contribution in [0.1, 0.15) is 46.1 Å². The van der Waals surface area contributed by atoms with Gasteiger partial charge in [0.25, 0.3) is 0 Å². The number of amides is 1. The molecule has 1 saturated heterocycles. The standard InChI is InChI=1S/C18H26BNO4/c1-17(2)18(3,4)24-19(23-17)15-9-8-14(22-5)10-12(15)11-16(21)20-13-6-7-13/h8-10,13H,6-7,11H2,1-5H3,(H,20,21). The van der Waals surface area contributed by atoms with Crippen molar-refractivity contribution in [3.63, 3.8) is 0 Å². The van der Waals surface area contributed by atoms with Gasteiger partial charge in [-0.1, -0.05) is 6.07 Å². The minimum atomic E-state index is -0.482. The fraction of sp³-hybridized carbons (Fsp3) is 0.611. The zero-order valence-corrected chi connectivity index (χ0v) is 15.1. The minimum absolute atomic E-state index is 0.0310. The Morgan fingerprint density at radius 1 is 1.25 bits per heavy atom. The lowest BCUT2D eigenvalue weighted by atomic mass is 9.75. The molecule has 0 atom stereocenters. The summed E-state index contributed by atoms with van der Waals surface area (Å²) in [6.07, 6.45) is 2.45. The highest BCUT2D eigenvalue weighted by Crippen LogP contribution is 2.37. The van der Waals surface area contributed by atoms with E-state index >= 15 is 0 Å². The van der Waals surface area contributed by atoms with Crippen LogP contribution in [0.3, 0.4) is 0 Å². The van der Waals surface area contributed by atoms with Crippen LogP contribution in [0.5, 0.6) is 5.75 Å². The van der Waals surface area contributed by atoms with Crippen LogP contribution in [0.25, 0.3) is 0 Å². The number of nitrogens with one attached hydrogen (secondary N) is 1. The lowest BCUT2D eigenvalue weighted by molar-refractivity contribution is -0.120. The highest BCUT2D eigenvalue weighted by molar-refractivity contribution is 6.62. The van der Waals surface area contributed by atoms with Crippen LogP contribution >= 0.6 is 0 Å². The first-order valence-corrected chi connectivity index (χ1v) is 8.54. The van der Waals surface area contributed by atoms with Crippen molar-refractivity contribution in [1.29, 1.82) is 0 Å². The van der Waals surface area contributed by atoms with Gasteiger partial charge in [-0.25, -0.2) is 0 Å². The first kappa shape index (κ1) is 17.3. The molecule has 0 bridgehead atoms. The number of benzene rings is 1. The maximum atomic E-state index is 12.3. The van der Waals surface area contributed by atoms with E-state index in [4.69, 9.17) is 14.0 Å². The van der Waals surface area contributed by atoms with Crippen molar-refractivity contribution in [2.75, 3.05) is 7.11 Å². The highest BCUT2D eigenvalue weighted by atomic mass is 16.7. The van der Waals surface area contributed by atoms with E-state index in [0.717, 1.165) is 29.6 Å². The third kappa shape index (κ3) is 3.45. The average molecular weight is 331 g/mol. The largest absolute Gasteiger partial charge is 0.497 e. The molecule has 1 N–H and O–H groups in total. The zero-order valence-electron chi connectivity index (χ0n) is 15.1. The third-order valence-electron chi connectivity index (χ3n) is 5.15. The maximum Gasteiger partial charge on any atom is 0.495 e. The van der Waals surface area contributed by atoms with Gasteiger partial charge in [-0.05, 0) is 63.7 Å². The molecule has 0 unspecified atom stereocenters. The van der Waals surface area contributed by atoms with Crippen LogP contribution in [-0.4, -0.2) is 37.4 Å². The summed E-state index contributed by atoms with van der Waals surface area (Å²) in [4.78, 5) is 12.3. The van der Waals surface area contributed by atoms with Crippen LogP contribution in [0.2, 0.25) is 0 Å². The van der Waals surface area contributed by atoms with Crippen molar-refractivity contribution in [3.05, 3.63) is 23.8 Å². The minimum Gasteiger partial charge on any atom is -0.497 e. The molecule has 6 heteroatoms. The summed E-state index contributed by atoms with van der Waals surface area (Å²) in [5.41, 5.74) is 0.947. The molecule has 1 aliphatic carbocycles. The molecule has 1 heterocycles. The summed E-state index contributed by atoms with van der Waals surface area (Å²) in [5, 5.41) is 3.03. The molecule has 2 aliphatic rings. The van der Waals surface area contributed by atoms with E-state index in [1.54, 1.807) is 7.11 Å². The van der Waals surface area contributed by atoms with Crippen molar-refractivity contribution < 1.29 is 18.8 Å². The van der Waals surface area contributed by atoms with Gasteiger partial charge in [0.2, 0.25) is 5.91 Å². The molecule has 1 saturated carbocycles. The Labute approximate surface area is 144 Å². The van der Waals surface area contributed by atoms with Crippen LogP contribution in [0.4, 0.5) is 0 Å². The van der Waals surface area contributed by atoms with Crippen LogP contribution in [-0.2, 0) is 20.5 Å². The van der Waals surface area contributed by atoms with Crippen molar-refractivity contribution in [2.24, 2.45) is 0 Å². The van der Waals surface area contributed by atoms with Crippen LogP contribution in [0.15, 0.2) is 18.2 Å². The number of hydrogen-bond donors (Lipinski definition) is 1. The van der Waals surface area contributed by atoms with Crippen molar-refractivity contribution in [1.82, 2.24) is 5.32 Å². The van der Waals surface area contributed by atoms with Gasteiger partial charge in [0.1, 0.15) is 5.75 Å². The molecule has 0 spiro atoms. The molecule has 1 aliphatic heterocycles. The maximum absolute atomic E-state index is 12.3. The molecule has 130 valence electrons. The molecule has 1 aromatic carbocycles. The fourth-order valence-corrected chi connectivity index (χ4v) is 2.74. The second kappa shape index (κ2) is 6.08. The van der Waals surface area contributed by atoms with Crippen molar-refractivity contribution >= 4 is 18.5 Å². The second-order valence-electron chi connectivity index (χ2n) is 7.67. The van der Waals surface area contributed by atoms with Gasteiger partial charge >= 0.3 is 7.12 Å². The normalized spacial score (nSPS) is 21.6. The average Bonchev–Trinajstić information content (AvgIpc) is 3.25. The number of rotatable bonds is 5. The molecule has 3 rings (SSSR count). The first-order chi connectivity index (χ1) is 11.2. The predicted octanol–water partition coefficient (Wildman–Crippen LogP) is 1.82. The molecule has 1 aromatic rings. The van der Waals surface area contributed by atoms with E-state index in [2.05, 4.69) is 5.32 Å². The van der Waals surface area contributed by atoms with Gasteiger partial charge < -0.3 is 19.4 Å². The summed E-state index contributed by atoms with van der Waals surface area (Å²) in [6.45, 7) is 8.10. The van der Waals surface area contributed by atoms with Gasteiger partial charge in [0.05, 0.1) is 24.7 Å². The van der Waals surface area contributed by atoms with E-state index in [-0.39, 0.29) is 5.91 Å². The number of methoxy groups -OCH3 is 1. The Hall–Kier alpha value is -1.53. The smallest absolute Gasteiger partial charge is 0.495 e. The Balaban J connectivity index is 1.85.